The molecule has 0 aliphatic rings. The largest absolute Gasteiger partial charge is 0.683 e. The molecule has 1 amide bonds. The van der Waals surface area contributed by atoms with Crippen LogP contribution in [0.5, 0.6) is 5.75 Å². The zero-order valence-corrected chi connectivity index (χ0v) is 27.7. The molecular weight excluding hydrogens is 623 g/mol. The molecule has 3 aromatic carbocycles. The fraction of sp³-hybridized carbons (Fsp3) is 0.344. The van der Waals surface area contributed by atoms with Crippen LogP contribution >= 0.6 is 0 Å². The average Bonchev–Trinajstić information content (AvgIpc) is 2.76. The molecule has 4 nitrogen and oxygen atoms in total. The van der Waals surface area contributed by atoms with Crippen LogP contribution < -0.4 is 0 Å². The Morgan fingerprint density at radius 1 is 0.892 bits per heavy atom. The average molecular weight is 666 g/mol. The second-order valence-corrected chi connectivity index (χ2v) is 10.3. The van der Waals surface area contributed by atoms with E-state index in [4.69, 9.17) is 5.32 Å². The third kappa shape index (κ3) is 8.84. The van der Waals surface area contributed by atoms with Crippen molar-refractivity contribution < 1.29 is 35.7 Å². The fourth-order valence-electron chi connectivity index (χ4n) is 4.47. The van der Waals surface area contributed by atoms with Crippen molar-refractivity contribution in [2.75, 3.05) is 13.1 Å². The first-order valence-corrected chi connectivity index (χ1v) is 11.9. The molecule has 0 fully saturated rings. The molecule has 1 N–H and O–H groups in total. The van der Waals surface area contributed by atoms with Gasteiger partial charge in [0.05, 0.1) is 0 Å². The predicted molar refractivity (Wildman–Crippen MR) is 154 cm³/mol. The number of benzene rings is 3. The summed E-state index contributed by atoms with van der Waals surface area (Å²) in [5, 5.41) is 15.9. The molecule has 0 bridgehead atoms. The second kappa shape index (κ2) is 14.5. The Kier molecular flexibility index (Phi) is 13.6. The number of phenolic OH excluding ortho intramolecular Hbond substituents is 1. The van der Waals surface area contributed by atoms with Gasteiger partial charge in [0.2, 0.25) is 0 Å². The first-order valence-electron chi connectivity index (χ1n) is 11.9. The first kappa shape index (κ1) is 34.6. The molecule has 37 heavy (non-hydrogen) atoms. The molecule has 200 valence electrons. The number of aryl methyl sites for hydroxylation is 4. The fourth-order valence-corrected chi connectivity index (χ4v) is 4.47. The van der Waals surface area contributed by atoms with Gasteiger partial charge in [-0.25, -0.2) is 0 Å². The van der Waals surface area contributed by atoms with E-state index in [1.807, 2.05) is 49.4 Å². The molecule has 0 saturated carbocycles. The summed E-state index contributed by atoms with van der Waals surface area (Å²) < 4.78 is 0. The minimum absolute atomic E-state index is 0. The molecule has 0 aromatic heterocycles. The zero-order valence-electron chi connectivity index (χ0n) is 24.1. The summed E-state index contributed by atoms with van der Waals surface area (Å²) >= 11 is 0. The van der Waals surface area contributed by atoms with E-state index >= 15 is 0 Å². The number of aromatic hydroxyl groups is 1. The summed E-state index contributed by atoms with van der Waals surface area (Å²) in [5.41, 5.74) is 7.66. The van der Waals surface area contributed by atoms with Gasteiger partial charge in [0.25, 0.3) is 5.91 Å². The van der Waals surface area contributed by atoms with E-state index in [1.165, 1.54) is 5.56 Å². The molecule has 0 heterocycles. The summed E-state index contributed by atoms with van der Waals surface area (Å²) in [6, 6.07) is 17.6. The van der Waals surface area contributed by atoms with Crippen LogP contribution in [0.3, 0.4) is 0 Å². The number of phenols is 1. The summed E-state index contributed by atoms with van der Waals surface area (Å²) in [4.78, 5) is 15.2. The molecule has 0 aliphatic carbocycles. The van der Waals surface area contributed by atoms with E-state index in [0.717, 1.165) is 33.5 Å². The van der Waals surface area contributed by atoms with Gasteiger partial charge in [0, 0.05) is 50.1 Å². The van der Waals surface area contributed by atoms with Crippen LogP contribution in [0.1, 0.15) is 64.5 Å². The molecule has 0 unspecified atom stereocenters. The van der Waals surface area contributed by atoms with Gasteiger partial charge >= 0.3 is 0 Å². The van der Waals surface area contributed by atoms with Crippen LogP contribution in [0.2, 0.25) is 0 Å². The summed E-state index contributed by atoms with van der Waals surface area (Å²) in [5.74, 6) is 0.206. The molecule has 0 spiro atoms. The van der Waals surface area contributed by atoms with Gasteiger partial charge in [-0.1, -0.05) is 85.5 Å². The minimum atomic E-state index is -0.199. The molecule has 0 saturated heterocycles. The van der Waals surface area contributed by atoms with E-state index in [-0.39, 0.29) is 57.8 Å². The number of amides is 1. The van der Waals surface area contributed by atoms with E-state index in [2.05, 4.69) is 53.7 Å². The van der Waals surface area contributed by atoms with Crippen LogP contribution in [0.4, 0.5) is 5.69 Å². The third-order valence-corrected chi connectivity index (χ3v) is 6.09. The minimum Gasteiger partial charge on any atom is -0.683 e. The SMILES string of the molecule is Cc1cc(C)c([N-]CCN(Cc2cc(C)cc(C(C)(C)C)c2O)C(=O)c2ccccc2)c(C)c1.[CH3-].[CH3-].[Hf]. The summed E-state index contributed by atoms with van der Waals surface area (Å²) in [6.07, 6.45) is 0. The summed E-state index contributed by atoms with van der Waals surface area (Å²) in [7, 11) is 0. The molecule has 3 aromatic rings. The number of rotatable bonds is 7. The normalized spacial score (nSPS) is 10.5. The van der Waals surface area contributed by atoms with Gasteiger partial charge in [0.1, 0.15) is 5.75 Å². The van der Waals surface area contributed by atoms with Crippen LogP contribution in [0.15, 0.2) is 54.6 Å². The molecular formula is C32H43HfN2O2-3. The van der Waals surface area contributed by atoms with E-state index < -0.39 is 0 Å². The standard InChI is InChI=1S/C30H37N2O2.2CH3.Hf/c1-20-15-22(3)27(23(4)16-20)31-13-14-32(29(34)24-11-9-8-10-12-24)19-25-17-21(2)18-26(28(25)33)30(5,6)7;;;/h8-12,15-18,33H,13-14,19H2,1-7H3;2*1H3;/q3*-1;. The van der Waals surface area contributed by atoms with Crippen LogP contribution in [0.25, 0.3) is 5.32 Å². The predicted octanol–water partition coefficient (Wildman–Crippen LogP) is 8.17. The van der Waals surface area contributed by atoms with Gasteiger partial charge in [-0.3, -0.25) is 4.79 Å². The van der Waals surface area contributed by atoms with Gasteiger partial charge in [-0.05, 0) is 50.8 Å². The Labute approximate surface area is 244 Å². The van der Waals surface area contributed by atoms with Crippen LogP contribution in [0, 0.1) is 42.5 Å². The molecule has 0 radical (unpaired) electrons. The number of carbonyl (C=O) groups is 1. The Morgan fingerprint density at radius 3 is 1.97 bits per heavy atom. The van der Waals surface area contributed by atoms with Crippen molar-refractivity contribution >= 4 is 11.6 Å². The molecule has 3 rings (SSSR count). The van der Waals surface area contributed by atoms with Crippen LogP contribution in [-0.4, -0.2) is 29.0 Å². The van der Waals surface area contributed by atoms with Gasteiger partial charge in [0.15, 0.2) is 0 Å². The van der Waals surface area contributed by atoms with Crippen molar-refractivity contribution in [1.29, 1.82) is 0 Å². The Bertz CT molecular complexity index is 1140. The van der Waals surface area contributed by atoms with Crippen LogP contribution in [-0.2, 0) is 37.8 Å². The zero-order chi connectivity index (χ0) is 25.0. The van der Waals surface area contributed by atoms with Crippen molar-refractivity contribution in [1.82, 2.24) is 4.90 Å². The number of carbonyl (C=O) groups excluding carboxylic acids is 1. The third-order valence-electron chi connectivity index (χ3n) is 6.09. The number of hydrogen-bond acceptors (Lipinski definition) is 2. The van der Waals surface area contributed by atoms with Gasteiger partial charge in [-0.2, -0.15) is 0 Å². The Hall–Kier alpha value is -2.40. The molecule has 0 atom stereocenters. The first-order chi connectivity index (χ1) is 16.0. The topological polar surface area (TPSA) is 54.6 Å². The number of nitrogens with zero attached hydrogens (tertiary/aromatic N) is 2. The smallest absolute Gasteiger partial charge is 0.254 e. The maximum absolute atomic E-state index is 13.5. The number of hydrogen-bond donors (Lipinski definition) is 1. The molecule has 5 heteroatoms. The van der Waals surface area contributed by atoms with Crippen molar-refractivity contribution in [3.05, 3.63) is 114 Å². The van der Waals surface area contributed by atoms with Gasteiger partial charge < -0.3 is 30.2 Å². The maximum atomic E-state index is 13.5. The van der Waals surface area contributed by atoms with Gasteiger partial charge in [-0.15, -0.1) is 12.2 Å². The monoisotopic (exact) mass is 667 g/mol. The Morgan fingerprint density at radius 2 is 1.43 bits per heavy atom. The van der Waals surface area contributed by atoms with Crippen molar-refractivity contribution in [2.24, 2.45) is 0 Å². The summed E-state index contributed by atoms with van der Waals surface area (Å²) in [6.45, 7) is 15.8. The quantitative estimate of drug-likeness (QED) is 0.205. The van der Waals surface area contributed by atoms with Crippen molar-refractivity contribution in [3.8, 4) is 5.75 Å². The maximum Gasteiger partial charge on any atom is 0.254 e. The van der Waals surface area contributed by atoms with E-state index in [0.29, 0.717) is 25.2 Å². The van der Waals surface area contributed by atoms with Crippen molar-refractivity contribution in [2.45, 2.75) is 60.4 Å². The van der Waals surface area contributed by atoms with E-state index in [1.54, 1.807) is 4.90 Å². The second-order valence-electron chi connectivity index (χ2n) is 10.3. The van der Waals surface area contributed by atoms with E-state index in [9.17, 15) is 9.90 Å². The molecule has 0 aliphatic heterocycles. The Balaban J connectivity index is 0.00000432. The van der Waals surface area contributed by atoms with Crippen molar-refractivity contribution in [3.63, 3.8) is 0 Å².